The largest absolute Gasteiger partial charge is 0.479 e. The second-order valence-electron chi connectivity index (χ2n) is 6.09. The van der Waals surface area contributed by atoms with Gasteiger partial charge in [-0.15, -0.1) is 0 Å². The number of sulfonamides is 1. The molecule has 0 aromatic heterocycles. The summed E-state index contributed by atoms with van der Waals surface area (Å²) < 4.78 is 31.7. The van der Waals surface area contributed by atoms with E-state index in [9.17, 15) is 23.1 Å². The average molecular weight is 386 g/mol. The van der Waals surface area contributed by atoms with Gasteiger partial charge in [-0.1, -0.05) is 19.9 Å². The van der Waals surface area contributed by atoms with Crippen LogP contribution in [0.1, 0.15) is 36.7 Å². The summed E-state index contributed by atoms with van der Waals surface area (Å²) >= 11 is 0. The van der Waals surface area contributed by atoms with Crippen molar-refractivity contribution in [1.29, 1.82) is 0 Å². The van der Waals surface area contributed by atoms with Gasteiger partial charge in [0.25, 0.3) is 5.91 Å². The summed E-state index contributed by atoms with van der Waals surface area (Å²) in [4.78, 5) is 24.0. The normalized spacial score (nSPS) is 14.1. The van der Waals surface area contributed by atoms with E-state index in [1.54, 1.807) is 20.8 Å². The Morgan fingerprint density at radius 3 is 2.31 bits per heavy atom. The van der Waals surface area contributed by atoms with Crippen molar-refractivity contribution in [1.82, 2.24) is 9.62 Å². The van der Waals surface area contributed by atoms with Crippen molar-refractivity contribution in [3.8, 4) is 0 Å². The van der Waals surface area contributed by atoms with Gasteiger partial charge in [-0.05, 0) is 31.5 Å². The Kier molecular flexibility index (Phi) is 7.31. The van der Waals surface area contributed by atoms with E-state index in [1.165, 1.54) is 36.5 Å². The van der Waals surface area contributed by atoms with Crippen molar-refractivity contribution in [2.75, 3.05) is 26.8 Å². The molecule has 1 amide bonds. The van der Waals surface area contributed by atoms with Crippen LogP contribution in [0.4, 0.5) is 0 Å². The van der Waals surface area contributed by atoms with Crippen molar-refractivity contribution in [3.63, 3.8) is 0 Å². The van der Waals surface area contributed by atoms with Crippen molar-refractivity contribution in [2.45, 2.75) is 38.1 Å². The second kappa shape index (κ2) is 8.61. The lowest BCUT2D eigenvalue weighted by Gasteiger charge is -2.25. The Hall–Kier alpha value is -1.97. The molecule has 0 heterocycles. The predicted molar refractivity (Wildman–Crippen MR) is 96.7 cm³/mol. The van der Waals surface area contributed by atoms with Gasteiger partial charge in [0, 0.05) is 25.8 Å². The molecule has 0 aliphatic heterocycles. The fraction of sp³-hybridized carbons (Fsp3) is 0.529. The third-order valence-corrected chi connectivity index (χ3v) is 6.26. The number of nitrogens with one attached hydrogen (secondary N) is 1. The maximum Gasteiger partial charge on any atom is 0.331 e. The first-order chi connectivity index (χ1) is 12.0. The molecule has 1 unspecified atom stereocenters. The summed E-state index contributed by atoms with van der Waals surface area (Å²) in [6, 6.07) is 4.26. The lowest BCUT2D eigenvalue weighted by atomic mass is 10.0. The minimum atomic E-state index is -3.75. The number of nitrogens with zero attached hydrogens (tertiary/aromatic N) is 1. The van der Waals surface area contributed by atoms with E-state index in [2.05, 4.69) is 5.32 Å². The molecule has 0 spiro atoms. The topological polar surface area (TPSA) is 113 Å². The monoisotopic (exact) mass is 386 g/mol. The molecule has 0 aliphatic carbocycles. The lowest BCUT2D eigenvalue weighted by molar-refractivity contribution is -0.145. The highest BCUT2D eigenvalue weighted by molar-refractivity contribution is 7.89. The van der Waals surface area contributed by atoms with E-state index < -0.39 is 27.4 Å². The number of amides is 1. The molecule has 0 saturated heterocycles. The standard InChI is InChI=1S/C17H26N2O6S/c1-6-19(7-2)26(23,24)14-10-13(9-8-12(14)3)15(20)18-17(4,11-25-5)16(21)22/h8-10H,6-7,11H2,1-5H3,(H,18,20)(H,21,22). The van der Waals surface area contributed by atoms with Crippen LogP contribution in [0.2, 0.25) is 0 Å². The molecule has 26 heavy (non-hydrogen) atoms. The number of carbonyl (C=O) groups is 2. The molecule has 0 radical (unpaired) electrons. The molecule has 0 fully saturated rings. The quantitative estimate of drug-likeness (QED) is 0.660. The number of hydrogen-bond donors (Lipinski definition) is 2. The van der Waals surface area contributed by atoms with E-state index in [-0.39, 0.29) is 17.1 Å². The van der Waals surface area contributed by atoms with Crippen LogP contribution in [0.3, 0.4) is 0 Å². The van der Waals surface area contributed by atoms with Gasteiger partial charge in [0.2, 0.25) is 10.0 Å². The molecule has 0 saturated carbocycles. The Morgan fingerprint density at radius 1 is 1.27 bits per heavy atom. The molecule has 1 rings (SSSR count). The van der Waals surface area contributed by atoms with Crippen molar-refractivity contribution in [3.05, 3.63) is 29.3 Å². The van der Waals surface area contributed by atoms with Crippen LogP contribution in [-0.4, -0.2) is 62.1 Å². The van der Waals surface area contributed by atoms with E-state index in [4.69, 9.17) is 4.74 Å². The van der Waals surface area contributed by atoms with Crippen LogP contribution in [0.5, 0.6) is 0 Å². The fourth-order valence-electron chi connectivity index (χ4n) is 2.48. The summed E-state index contributed by atoms with van der Waals surface area (Å²) in [5.41, 5.74) is -1.06. The summed E-state index contributed by atoms with van der Waals surface area (Å²) in [6.07, 6.45) is 0. The van der Waals surface area contributed by atoms with Crippen LogP contribution >= 0.6 is 0 Å². The number of aliphatic carboxylic acids is 1. The first-order valence-corrected chi connectivity index (χ1v) is 9.63. The number of aryl methyl sites for hydroxylation is 1. The Bertz CT molecular complexity index is 773. The van der Waals surface area contributed by atoms with Gasteiger partial charge in [0.1, 0.15) is 0 Å². The predicted octanol–water partition coefficient (Wildman–Crippen LogP) is 1.25. The Balaban J connectivity index is 3.29. The van der Waals surface area contributed by atoms with E-state index >= 15 is 0 Å². The molecular weight excluding hydrogens is 360 g/mol. The van der Waals surface area contributed by atoms with Crippen LogP contribution in [0.15, 0.2) is 23.1 Å². The number of carbonyl (C=O) groups excluding carboxylic acids is 1. The number of methoxy groups -OCH3 is 1. The zero-order chi connectivity index (χ0) is 20.1. The SMILES string of the molecule is CCN(CC)S(=O)(=O)c1cc(C(=O)NC(C)(COC)C(=O)O)ccc1C. The van der Waals surface area contributed by atoms with Crippen molar-refractivity contribution >= 4 is 21.9 Å². The average Bonchev–Trinajstić information content (AvgIpc) is 2.55. The van der Waals surface area contributed by atoms with Crippen molar-refractivity contribution < 1.29 is 27.9 Å². The van der Waals surface area contributed by atoms with Crippen LogP contribution in [-0.2, 0) is 19.6 Å². The number of carboxylic acids is 1. The summed E-state index contributed by atoms with van der Waals surface area (Å²) in [7, 11) is -2.42. The summed E-state index contributed by atoms with van der Waals surface area (Å²) in [6.45, 7) is 6.80. The fourth-order valence-corrected chi connectivity index (χ4v) is 4.19. The lowest BCUT2D eigenvalue weighted by Crippen LogP contribution is -2.55. The van der Waals surface area contributed by atoms with Gasteiger partial charge >= 0.3 is 5.97 Å². The van der Waals surface area contributed by atoms with Gasteiger partial charge in [-0.25, -0.2) is 13.2 Å². The molecule has 1 atom stereocenters. The molecule has 8 nitrogen and oxygen atoms in total. The van der Waals surface area contributed by atoms with E-state index in [1.807, 2.05) is 0 Å². The maximum atomic E-state index is 12.8. The smallest absolute Gasteiger partial charge is 0.331 e. The molecule has 0 bridgehead atoms. The third-order valence-electron chi connectivity index (χ3n) is 4.07. The van der Waals surface area contributed by atoms with E-state index in [0.717, 1.165) is 0 Å². The molecule has 1 aromatic carbocycles. The zero-order valence-electron chi connectivity index (χ0n) is 15.7. The second-order valence-corrected chi connectivity index (χ2v) is 8.00. The number of benzene rings is 1. The first kappa shape index (κ1) is 22.1. The maximum absolute atomic E-state index is 12.8. The van der Waals surface area contributed by atoms with Crippen LogP contribution < -0.4 is 5.32 Å². The minimum absolute atomic E-state index is 0.0256. The molecule has 9 heteroatoms. The highest BCUT2D eigenvalue weighted by atomic mass is 32.2. The first-order valence-electron chi connectivity index (χ1n) is 8.19. The van der Waals surface area contributed by atoms with Crippen molar-refractivity contribution in [2.24, 2.45) is 0 Å². The summed E-state index contributed by atoms with van der Waals surface area (Å²) in [5, 5.41) is 11.7. The summed E-state index contributed by atoms with van der Waals surface area (Å²) in [5.74, 6) is -1.95. The molecule has 0 aliphatic rings. The Morgan fingerprint density at radius 2 is 1.85 bits per heavy atom. The van der Waals surface area contributed by atoms with Crippen LogP contribution in [0.25, 0.3) is 0 Å². The Labute approximate surface area is 154 Å². The molecular formula is C17H26N2O6S. The van der Waals surface area contributed by atoms with Gasteiger partial charge in [0.05, 0.1) is 11.5 Å². The number of hydrogen-bond acceptors (Lipinski definition) is 5. The highest BCUT2D eigenvalue weighted by Gasteiger charge is 2.35. The highest BCUT2D eigenvalue weighted by Crippen LogP contribution is 2.22. The third kappa shape index (κ3) is 4.60. The van der Waals surface area contributed by atoms with Gasteiger partial charge in [-0.2, -0.15) is 4.31 Å². The van der Waals surface area contributed by atoms with Gasteiger partial charge < -0.3 is 15.2 Å². The number of carboxylic acid groups (broad SMARTS) is 1. The van der Waals surface area contributed by atoms with Crippen LogP contribution in [0, 0.1) is 6.92 Å². The van der Waals surface area contributed by atoms with Gasteiger partial charge in [0.15, 0.2) is 5.54 Å². The van der Waals surface area contributed by atoms with E-state index in [0.29, 0.717) is 18.7 Å². The molecule has 1 aromatic rings. The zero-order valence-corrected chi connectivity index (χ0v) is 16.5. The van der Waals surface area contributed by atoms with Gasteiger partial charge in [-0.3, -0.25) is 4.79 Å². The number of ether oxygens (including phenoxy) is 1. The molecule has 2 N–H and O–H groups in total. The number of rotatable bonds is 9. The minimum Gasteiger partial charge on any atom is -0.479 e. The molecule has 146 valence electrons.